The molecule has 1 unspecified atom stereocenters. The summed E-state index contributed by atoms with van der Waals surface area (Å²) in [7, 11) is 0. The quantitative estimate of drug-likeness (QED) is 0.415. The number of piperidine rings is 1. The van der Waals surface area contributed by atoms with Gasteiger partial charge in [-0.1, -0.05) is 19.3 Å². The summed E-state index contributed by atoms with van der Waals surface area (Å²) in [6.07, 6.45) is 9.69. The summed E-state index contributed by atoms with van der Waals surface area (Å²) in [6, 6.07) is 7.93. The largest absolute Gasteiger partial charge is 0.343 e. The molecule has 3 heterocycles. The van der Waals surface area contributed by atoms with Crippen LogP contribution in [0.3, 0.4) is 0 Å². The maximum atomic E-state index is 13.2. The Kier molecular flexibility index (Phi) is 8.28. The van der Waals surface area contributed by atoms with Crippen molar-refractivity contribution < 1.29 is 9.59 Å². The van der Waals surface area contributed by atoms with Crippen molar-refractivity contribution in [3.8, 4) is 0 Å². The monoisotopic (exact) mass is 532 g/mol. The zero-order valence-corrected chi connectivity index (χ0v) is 23.3. The molecule has 2 aromatic heterocycles. The molecule has 1 saturated carbocycles. The summed E-state index contributed by atoms with van der Waals surface area (Å²) in [4.78, 5) is 43.5. The fraction of sp³-hybridized carbons (Fsp3) is 0.552. The number of fused-ring (bicyclic) bond motifs is 1. The molecule has 10 heteroatoms. The molecular formula is C29H40N8O2. The minimum absolute atomic E-state index is 0.0565. The van der Waals surface area contributed by atoms with Gasteiger partial charge in [-0.15, -0.1) is 0 Å². The van der Waals surface area contributed by atoms with Crippen LogP contribution in [0.2, 0.25) is 0 Å². The highest BCUT2D eigenvalue weighted by Crippen LogP contribution is 2.34. The molecule has 0 bridgehead atoms. The van der Waals surface area contributed by atoms with E-state index in [-0.39, 0.29) is 17.7 Å². The molecule has 0 radical (unpaired) electrons. The number of aromatic nitrogens is 4. The van der Waals surface area contributed by atoms with Gasteiger partial charge in [0.1, 0.15) is 0 Å². The van der Waals surface area contributed by atoms with E-state index in [1.165, 1.54) is 26.2 Å². The van der Waals surface area contributed by atoms with Crippen LogP contribution >= 0.6 is 0 Å². The molecule has 2 fully saturated rings. The molecule has 5 rings (SSSR count). The molecule has 1 aromatic carbocycles. The molecule has 2 aliphatic rings. The summed E-state index contributed by atoms with van der Waals surface area (Å²) in [6.45, 7) is 8.44. The second-order valence-electron chi connectivity index (χ2n) is 10.7. The molecule has 1 atom stereocenters. The van der Waals surface area contributed by atoms with E-state index in [0.717, 1.165) is 67.9 Å². The van der Waals surface area contributed by atoms with Crippen LogP contribution < -0.4 is 15.5 Å². The molecule has 0 spiro atoms. The number of nitrogens with zero attached hydrogens (tertiary/aromatic N) is 6. The Morgan fingerprint density at radius 1 is 0.974 bits per heavy atom. The number of hydrogen-bond donors (Lipinski definition) is 2. The second kappa shape index (κ2) is 12.0. The molecule has 39 heavy (non-hydrogen) atoms. The molecule has 1 saturated heterocycles. The Morgan fingerprint density at radius 2 is 1.69 bits per heavy atom. The van der Waals surface area contributed by atoms with Crippen molar-refractivity contribution in [2.45, 2.75) is 71.8 Å². The number of amides is 2. The number of benzene rings is 1. The van der Waals surface area contributed by atoms with Crippen LogP contribution in [-0.4, -0.2) is 62.4 Å². The number of imidazole rings is 1. The third-order valence-corrected chi connectivity index (χ3v) is 7.97. The van der Waals surface area contributed by atoms with Gasteiger partial charge in [0.15, 0.2) is 17.0 Å². The van der Waals surface area contributed by atoms with Gasteiger partial charge in [0.05, 0.1) is 12.2 Å². The number of carbonyl (C=O) groups is 2. The van der Waals surface area contributed by atoms with Crippen LogP contribution in [0.1, 0.15) is 71.8 Å². The SMILES string of the molecule is CCN(CC)C(=O)C1CCCN(c2nc(Nc3ccc(NC(C)=O)cc3)c3ncn(C4CCCCC4)c3n2)C1. The van der Waals surface area contributed by atoms with Crippen molar-refractivity contribution in [3.63, 3.8) is 0 Å². The molecule has 2 N–H and O–H groups in total. The first-order chi connectivity index (χ1) is 19.0. The standard InChI is InChI=1S/C29H40N8O2/c1-4-35(5-2)28(39)21-10-9-17-36(18-21)29-33-26(32-23-15-13-22(14-16-23)31-20(3)38)25-27(34-29)37(19-30-25)24-11-7-6-8-12-24/h13-16,19,21,24H,4-12,17-18H2,1-3H3,(H,31,38)(H,32,33,34). The van der Waals surface area contributed by atoms with Gasteiger partial charge in [0.25, 0.3) is 0 Å². The van der Waals surface area contributed by atoms with Crippen molar-refractivity contribution in [3.05, 3.63) is 30.6 Å². The average Bonchev–Trinajstić information content (AvgIpc) is 3.39. The first-order valence-electron chi connectivity index (χ1n) is 14.4. The zero-order valence-electron chi connectivity index (χ0n) is 23.3. The van der Waals surface area contributed by atoms with Crippen LogP contribution in [0.15, 0.2) is 30.6 Å². The third kappa shape index (κ3) is 5.99. The average molecular weight is 533 g/mol. The van der Waals surface area contributed by atoms with Gasteiger partial charge in [0.2, 0.25) is 17.8 Å². The molecule has 3 aromatic rings. The number of hydrogen-bond acceptors (Lipinski definition) is 7. The van der Waals surface area contributed by atoms with Crippen molar-refractivity contribution >= 4 is 46.1 Å². The van der Waals surface area contributed by atoms with Crippen LogP contribution in [0.4, 0.5) is 23.1 Å². The maximum absolute atomic E-state index is 13.2. The van der Waals surface area contributed by atoms with E-state index in [4.69, 9.17) is 15.0 Å². The third-order valence-electron chi connectivity index (χ3n) is 7.97. The lowest BCUT2D eigenvalue weighted by Gasteiger charge is -2.34. The maximum Gasteiger partial charge on any atom is 0.229 e. The van der Waals surface area contributed by atoms with E-state index in [0.29, 0.717) is 24.4 Å². The lowest BCUT2D eigenvalue weighted by atomic mass is 9.95. The van der Waals surface area contributed by atoms with E-state index < -0.39 is 0 Å². The van der Waals surface area contributed by atoms with E-state index >= 15 is 0 Å². The first kappa shape index (κ1) is 26.9. The summed E-state index contributed by atoms with van der Waals surface area (Å²) in [5, 5.41) is 6.25. The van der Waals surface area contributed by atoms with Crippen molar-refractivity contribution in [1.82, 2.24) is 24.4 Å². The minimum Gasteiger partial charge on any atom is -0.343 e. The molecular weight excluding hydrogens is 492 g/mol. The van der Waals surface area contributed by atoms with Crippen molar-refractivity contribution in [1.29, 1.82) is 0 Å². The summed E-state index contributed by atoms with van der Waals surface area (Å²) in [5.41, 5.74) is 3.15. The topological polar surface area (TPSA) is 108 Å². The van der Waals surface area contributed by atoms with Gasteiger partial charge < -0.3 is 25.0 Å². The zero-order chi connectivity index (χ0) is 27.4. The Hall–Kier alpha value is -3.69. The van der Waals surface area contributed by atoms with Gasteiger partial charge in [-0.2, -0.15) is 9.97 Å². The predicted octanol–water partition coefficient (Wildman–Crippen LogP) is 5.12. The van der Waals surface area contributed by atoms with E-state index in [1.807, 2.05) is 49.3 Å². The van der Waals surface area contributed by atoms with Crippen LogP contribution in [-0.2, 0) is 9.59 Å². The second-order valence-corrected chi connectivity index (χ2v) is 10.7. The number of anilines is 4. The van der Waals surface area contributed by atoms with Gasteiger partial charge in [-0.3, -0.25) is 9.59 Å². The minimum atomic E-state index is -0.106. The van der Waals surface area contributed by atoms with Gasteiger partial charge >= 0.3 is 0 Å². The van der Waals surface area contributed by atoms with Gasteiger partial charge in [-0.25, -0.2) is 4.98 Å². The van der Waals surface area contributed by atoms with Gasteiger partial charge in [-0.05, 0) is 63.8 Å². The van der Waals surface area contributed by atoms with Crippen LogP contribution in [0.5, 0.6) is 0 Å². The number of rotatable bonds is 8. The molecule has 208 valence electrons. The Bertz CT molecular complexity index is 1290. The molecule has 10 nitrogen and oxygen atoms in total. The highest BCUT2D eigenvalue weighted by Gasteiger charge is 2.30. The van der Waals surface area contributed by atoms with Gasteiger partial charge in [0, 0.05) is 50.5 Å². The normalized spacial score (nSPS) is 18.2. The summed E-state index contributed by atoms with van der Waals surface area (Å²) in [5.74, 6) is 1.34. The van der Waals surface area contributed by atoms with Crippen molar-refractivity contribution in [2.75, 3.05) is 41.7 Å². The first-order valence-corrected chi connectivity index (χ1v) is 14.4. The molecule has 1 aliphatic carbocycles. The van der Waals surface area contributed by atoms with E-state index in [2.05, 4.69) is 20.1 Å². The lowest BCUT2D eigenvalue weighted by Crippen LogP contribution is -2.45. The van der Waals surface area contributed by atoms with E-state index in [1.54, 1.807) is 0 Å². The Labute approximate surface area is 230 Å². The number of carbonyl (C=O) groups excluding carboxylic acids is 2. The van der Waals surface area contributed by atoms with Crippen LogP contribution in [0.25, 0.3) is 11.2 Å². The fourth-order valence-electron chi connectivity index (χ4n) is 5.89. The predicted molar refractivity (Wildman–Crippen MR) is 154 cm³/mol. The molecule has 1 aliphatic heterocycles. The highest BCUT2D eigenvalue weighted by atomic mass is 16.2. The van der Waals surface area contributed by atoms with Crippen molar-refractivity contribution in [2.24, 2.45) is 5.92 Å². The summed E-state index contributed by atoms with van der Waals surface area (Å²) >= 11 is 0. The smallest absolute Gasteiger partial charge is 0.229 e. The van der Waals surface area contributed by atoms with E-state index in [9.17, 15) is 9.59 Å². The Morgan fingerprint density at radius 3 is 2.38 bits per heavy atom. The van der Waals surface area contributed by atoms with Crippen LogP contribution in [0, 0.1) is 5.92 Å². The fourth-order valence-corrected chi connectivity index (χ4v) is 5.89. The highest BCUT2D eigenvalue weighted by molar-refractivity contribution is 5.90. The summed E-state index contributed by atoms with van der Waals surface area (Å²) < 4.78 is 2.23. The Balaban J connectivity index is 1.48. The molecule has 2 amide bonds. The number of nitrogens with one attached hydrogen (secondary N) is 2. The lowest BCUT2D eigenvalue weighted by molar-refractivity contribution is -0.135.